The Hall–Kier alpha value is -1.35. The van der Waals surface area contributed by atoms with Gasteiger partial charge in [0.25, 0.3) is 0 Å². The average Bonchev–Trinajstić information content (AvgIpc) is 2.28. The van der Waals surface area contributed by atoms with Crippen molar-refractivity contribution < 1.29 is 9.53 Å². The van der Waals surface area contributed by atoms with E-state index in [1.54, 1.807) is 14.0 Å². The van der Waals surface area contributed by atoms with Gasteiger partial charge in [-0.15, -0.1) is 0 Å². The van der Waals surface area contributed by atoms with Crippen molar-refractivity contribution in [2.45, 2.75) is 6.92 Å². The summed E-state index contributed by atoms with van der Waals surface area (Å²) >= 11 is 3.42. The summed E-state index contributed by atoms with van der Waals surface area (Å²) in [5.41, 5.74) is 0.711. The molecule has 0 saturated carbocycles. The van der Waals surface area contributed by atoms with E-state index in [4.69, 9.17) is 4.74 Å². The highest BCUT2D eigenvalue weighted by atomic mass is 79.9. The molecule has 2 rings (SSSR count). The first kappa shape index (κ1) is 11.1. The van der Waals surface area contributed by atoms with Gasteiger partial charge >= 0.3 is 0 Å². The number of ether oxygens (including phenoxy) is 1. The lowest BCUT2D eigenvalue weighted by molar-refractivity contribution is 0.101. The van der Waals surface area contributed by atoms with Gasteiger partial charge in [-0.25, -0.2) is 0 Å². The van der Waals surface area contributed by atoms with E-state index in [2.05, 4.69) is 15.9 Å². The Morgan fingerprint density at radius 2 is 1.88 bits per heavy atom. The molecule has 0 aromatic heterocycles. The molecule has 0 bridgehead atoms. The summed E-state index contributed by atoms with van der Waals surface area (Å²) in [7, 11) is 1.62. The molecule has 0 saturated heterocycles. The van der Waals surface area contributed by atoms with Crippen LogP contribution in [0.25, 0.3) is 10.8 Å². The SMILES string of the molecule is COc1c(Br)cc(C(C)=O)c2ccccc12. The molecule has 0 N–H and O–H groups in total. The van der Waals surface area contributed by atoms with Crippen molar-refractivity contribution in [1.29, 1.82) is 0 Å². The first-order valence-corrected chi connectivity index (χ1v) is 5.70. The van der Waals surface area contributed by atoms with E-state index in [1.807, 2.05) is 30.3 Å². The van der Waals surface area contributed by atoms with Crippen molar-refractivity contribution in [3.8, 4) is 5.75 Å². The van der Waals surface area contributed by atoms with Gasteiger partial charge in [0.05, 0.1) is 11.6 Å². The molecular formula is C13H11BrO2. The van der Waals surface area contributed by atoms with E-state index in [0.29, 0.717) is 5.56 Å². The van der Waals surface area contributed by atoms with Crippen LogP contribution >= 0.6 is 15.9 Å². The molecule has 0 aliphatic rings. The van der Waals surface area contributed by atoms with Crippen LogP contribution in [0.5, 0.6) is 5.75 Å². The van der Waals surface area contributed by atoms with Crippen LogP contribution in [0, 0.1) is 0 Å². The molecule has 2 nitrogen and oxygen atoms in total. The van der Waals surface area contributed by atoms with Gasteiger partial charge in [0.1, 0.15) is 5.75 Å². The third kappa shape index (κ3) is 1.71. The van der Waals surface area contributed by atoms with Crippen LogP contribution < -0.4 is 4.74 Å². The number of fused-ring (bicyclic) bond motifs is 1. The van der Waals surface area contributed by atoms with Gasteiger partial charge in [-0.2, -0.15) is 0 Å². The van der Waals surface area contributed by atoms with E-state index in [0.717, 1.165) is 21.0 Å². The Kier molecular flexibility index (Phi) is 2.97. The Labute approximate surface area is 102 Å². The number of Topliss-reactive ketones (excluding diaryl/α,β-unsaturated/α-hetero) is 1. The van der Waals surface area contributed by atoms with Crippen LogP contribution in [0.4, 0.5) is 0 Å². The molecule has 0 aliphatic heterocycles. The van der Waals surface area contributed by atoms with Gasteiger partial charge in [-0.05, 0) is 34.3 Å². The molecule has 0 heterocycles. The summed E-state index contributed by atoms with van der Waals surface area (Å²) in [6.45, 7) is 1.57. The van der Waals surface area contributed by atoms with Gasteiger partial charge < -0.3 is 4.74 Å². The number of hydrogen-bond donors (Lipinski definition) is 0. The normalized spacial score (nSPS) is 10.4. The minimum atomic E-state index is 0.0551. The lowest BCUT2D eigenvalue weighted by Crippen LogP contribution is -1.96. The number of ketones is 1. The Morgan fingerprint density at radius 1 is 1.25 bits per heavy atom. The van der Waals surface area contributed by atoms with Crippen LogP contribution in [-0.4, -0.2) is 12.9 Å². The smallest absolute Gasteiger partial charge is 0.160 e. The summed E-state index contributed by atoms with van der Waals surface area (Å²) in [6, 6.07) is 9.54. The highest BCUT2D eigenvalue weighted by molar-refractivity contribution is 9.10. The van der Waals surface area contributed by atoms with Gasteiger partial charge in [-0.1, -0.05) is 24.3 Å². The number of benzene rings is 2. The lowest BCUT2D eigenvalue weighted by atomic mass is 10.0. The van der Waals surface area contributed by atoms with Crippen LogP contribution in [0.15, 0.2) is 34.8 Å². The zero-order chi connectivity index (χ0) is 11.7. The van der Waals surface area contributed by atoms with E-state index >= 15 is 0 Å². The fraction of sp³-hybridized carbons (Fsp3) is 0.154. The predicted molar refractivity (Wildman–Crippen MR) is 68.2 cm³/mol. The van der Waals surface area contributed by atoms with Crippen molar-refractivity contribution in [2.24, 2.45) is 0 Å². The number of rotatable bonds is 2. The minimum Gasteiger partial charge on any atom is -0.495 e. The van der Waals surface area contributed by atoms with E-state index in [1.165, 1.54) is 0 Å². The van der Waals surface area contributed by atoms with E-state index < -0.39 is 0 Å². The monoisotopic (exact) mass is 278 g/mol. The Morgan fingerprint density at radius 3 is 2.44 bits per heavy atom. The molecule has 0 amide bonds. The van der Waals surface area contributed by atoms with Crippen LogP contribution in [-0.2, 0) is 0 Å². The van der Waals surface area contributed by atoms with Crippen molar-refractivity contribution in [3.63, 3.8) is 0 Å². The molecule has 16 heavy (non-hydrogen) atoms. The van der Waals surface area contributed by atoms with Crippen molar-refractivity contribution in [3.05, 3.63) is 40.4 Å². The topological polar surface area (TPSA) is 26.3 Å². The summed E-state index contributed by atoms with van der Waals surface area (Å²) in [6.07, 6.45) is 0. The standard InChI is InChI=1S/C13H11BrO2/c1-8(15)11-7-12(14)13(16-2)10-6-4-3-5-9(10)11/h3-7H,1-2H3. The second-order valence-electron chi connectivity index (χ2n) is 3.54. The molecule has 2 aromatic rings. The quantitative estimate of drug-likeness (QED) is 0.781. The summed E-state index contributed by atoms with van der Waals surface area (Å²) in [4.78, 5) is 11.5. The molecule has 82 valence electrons. The van der Waals surface area contributed by atoms with Gasteiger partial charge in [0.15, 0.2) is 5.78 Å². The maximum Gasteiger partial charge on any atom is 0.160 e. The highest BCUT2D eigenvalue weighted by Gasteiger charge is 2.12. The number of methoxy groups -OCH3 is 1. The second-order valence-corrected chi connectivity index (χ2v) is 4.40. The maximum absolute atomic E-state index is 11.5. The van der Waals surface area contributed by atoms with Gasteiger partial charge in [-0.3, -0.25) is 4.79 Å². The van der Waals surface area contributed by atoms with Crippen LogP contribution in [0.3, 0.4) is 0 Å². The van der Waals surface area contributed by atoms with E-state index in [-0.39, 0.29) is 5.78 Å². The number of carbonyl (C=O) groups excluding carboxylic acids is 1. The molecule has 0 unspecified atom stereocenters. The second kappa shape index (κ2) is 4.26. The van der Waals surface area contributed by atoms with Crippen molar-refractivity contribution >= 4 is 32.5 Å². The van der Waals surface area contributed by atoms with Crippen LogP contribution in [0.2, 0.25) is 0 Å². The molecule has 3 heteroatoms. The van der Waals surface area contributed by atoms with Gasteiger partial charge in [0, 0.05) is 10.9 Å². The predicted octanol–water partition coefficient (Wildman–Crippen LogP) is 3.81. The third-order valence-electron chi connectivity index (χ3n) is 2.53. The third-order valence-corrected chi connectivity index (χ3v) is 3.12. The summed E-state index contributed by atoms with van der Waals surface area (Å²) in [5, 5.41) is 1.87. The Bertz CT molecular complexity index is 561. The molecule has 0 aliphatic carbocycles. The highest BCUT2D eigenvalue weighted by Crippen LogP contribution is 2.35. The molecule has 2 aromatic carbocycles. The fourth-order valence-corrected chi connectivity index (χ4v) is 2.42. The van der Waals surface area contributed by atoms with Crippen molar-refractivity contribution in [1.82, 2.24) is 0 Å². The molecular weight excluding hydrogens is 268 g/mol. The number of halogens is 1. The molecule has 0 spiro atoms. The maximum atomic E-state index is 11.5. The minimum absolute atomic E-state index is 0.0551. The zero-order valence-electron chi connectivity index (χ0n) is 9.08. The molecule has 0 fully saturated rings. The average molecular weight is 279 g/mol. The molecule has 0 radical (unpaired) electrons. The fourth-order valence-electron chi connectivity index (χ4n) is 1.81. The largest absolute Gasteiger partial charge is 0.495 e. The lowest BCUT2D eigenvalue weighted by Gasteiger charge is -2.10. The first-order chi connectivity index (χ1) is 7.65. The molecule has 0 atom stereocenters. The zero-order valence-corrected chi connectivity index (χ0v) is 10.7. The summed E-state index contributed by atoms with van der Waals surface area (Å²) in [5.74, 6) is 0.820. The van der Waals surface area contributed by atoms with Crippen molar-refractivity contribution in [2.75, 3.05) is 7.11 Å². The Balaban J connectivity index is 2.91. The van der Waals surface area contributed by atoms with Gasteiger partial charge in [0.2, 0.25) is 0 Å². The number of hydrogen-bond acceptors (Lipinski definition) is 2. The summed E-state index contributed by atoms with van der Waals surface area (Å²) < 4.78 is 6.14. The number of carbonyl (C=O) groups is 1. The van der Waals surface area contributed by atoms with Crippen LogP contribution in [0.1, 0.15) is 17.3 Å². The van der Waals surface area contributed by atoms with E-state index in [9.17, 15) is 4.79 Å². The first-order valence-electron chi connectivity index (χ1n) is 4.91.